The van der Waals surface area contributed by atoms with Gasteiger partial charge in [0, 0.05) is 42.4 Å². The Kier molecular flexibility index (Phi) is 3.09. The van der Waals surface area contributed by atoms with Crippen LogP contribution < -0.4 is 5.73 Å². The predicted octanol–water partition coefficient (Wildman–Crippen LogP) is 2.89. The van der Waals surface area contributed by atoms with Crippen LogP contribution in [-0.2, 0) is 13.0 Å². The molecule has 0 aliphatic heterocycles. The van der Waals surface area contributed by atoms with Crippen LogP contribution in [0.25, 0.3) is 11.0 Å². The molecule has 2 aromatic heterocycles. The maximum Gasteiger partial charge on any atom is 0.134 e. The lowest BCUT2D eigenvalue weighted by Gasteiger charge is -2.11. The maximum atomic E-state index is 6.31. The summed E-state index contributed by atoms with van der Waals surface area (Å²) >= 11 is 0. The van der Waals surface area contributed by atoms with Crippen molar-refractivity contribution in [2.75, 3.05) is 0 Å². The summed E-state index contributed by atoms with van der Waals surface area (Å²) in [6.07, 6.45) is 6.27. The monoisotopic (exact) mass is 255 g/mol. The average molecular weight is 255 g/mol. The zero-order valence-electron chi connectivity index (χ0n) is 10.9. The van der Waals surface area contributed by atoms with Crippen molar-refractivity contribution in [3.05, 3.63) is 54.3 Å². The zero-order chi connectivity index (χ0) is 13.2. The van der Waals surface area contributed by atoms with E-state index in [2.05, 4.69) is 16.5 Å². The van der Waals surface area contributed by atoms with Crippen LogP contribution in [0.4, 0.5) is 0 Å². The molecule has 0 saturated heterocycles. The van der Waals surface area contributed by atoms with Crippen molar-refractivity contribution in [1.29, 1.82) is 0 Å². The lowest BCUT2D eigenvalue weighted by Crippen LogP contribution is -2.16. The Morgan fingerprint density at radius 1 is 1.37 bits per heavy atom. The molecular formula is C15H17N3O. The second-order valence-corrected chi connectivity index (χ2v) is 4.63. The van der Waals surface area contributed by atoms with Gasteiger partial charge in [0.25, 0.3) is 0 Å². The first-order valence-corrected chi connectivity index (χ1v) is 6.51. The standard InChI is InChI=1S/C15H17N3O/c1-2-18-8-7-17-15(18)9-13(16)12-10-19-14-6-4-3-5-11(12)14/h3-8,10,13H,2,9,16H2,1H3. The van der Waals surface area contributed by atoms with E-state index in [1.807, 2.05) is 36.7 Å². The number of fused-ring (bicyclic) bond motifs is 1. The molecule has 0 fully saturated rings. The fraction of sp³-hybridized carbons (Fsp3) is 0.267. The number of aryl methyl sites for hydroxylation is 1. The summed E-state index contributed by atoms with van der Waals surface area (Å²) in [6, 6.07) is 7.86. The second-order valence-electron chi connectivity index (χ2n) is 4.63. The lowest BCUT2D eigenvalue weighted by molar-refractivity contribution is 0.588. The number of benzene rings is 1. The van der Waals surface area contributed by atoms with Gasteiger partial charge in [-0.3, -0.25) is 0 Å². The van der Waals surface area contributed by atoms with E-state index in [0.29, 0.717) is 6.42 Å². The summed E-state index contributed by atoms with van der Waals surface area (Å²) in [5, 5.41) is 1.09. The Morgan fingerprint density at radius 2 is 2.21 bits per heavy atom. The van der Waals surface area contributed by atoms with Crippen LogP contribution >= 0.6 is 0 Å². The van der Waals surface area contributed by atoms with Gasteiger partial charge in [-0.1, -0.05) is 18.2 Å². The van der Waals surface area contributed by atoms with Gasteiger partial charge in [-0.05, 0) is 13.0 Å². The van der Waals surface area contributed by atoms with Crippen LogP contribution in [0.15, 0.2) is 47.3 Å². The topological polar surface area (TPSA) is 57.0 Å². The largest absolute Gasteiger partial charge is 0.464 e. The molecule has 2 heterocycles. The molecular weight excluding hydrogens is 238 g/mol. The number of hydrogen-bond donors (Lipinski definition) is 1. The summed E-state index contributed by atoms with van der Waals surface area (Å²) in [4.78, 5) is 4.37. The van der Waals surface area contributed by atoms with Gasteiger partial charge in [-0.2, -0.15) is 0 Å². The first kappa shape index (κ1) is 12.0. The van der Waals surface area contributed by atoms with Crippen molar-refractivity contribution in [2.45, 2.75) is 25.9 Å². The average Bonchev–Trinajstić information content (AvgIpc) is 3.04. The summed E-state index contributed by atoms with van der Waals surface area (Å²) in [7, 11) is 0. The van der Waals surface area contributed by atoms with Crippen molar-refractivity contribution >= 4 is 11.0 Å². The minimum absolute atomic E-state index is 0.101. The Balaban J connectivity index is 1.90. The number of imidazole rings is 1. The molecule has 4 heteroatoms. The van der Waals surface area contributed by atoms with Crippen LogP contribution in [0.2, 0.25) is 0 Å². The first-order valence-electron chi connectivity index (χ1n) is 6.51. The highest BCUT2D eigenvalue weighted by molar-refractivity contribution is 5.81. The summed E-state index contributed by atoms with van der Waals surface area (Å²) in [5.41, 5.74) is 8.23. The fourth-order valence-corrected chi connectivity index (χ4v) is 2.41. The molecule has 19 heavy (non-hydrogen) atoms. The lowest BCUT2D eigenvalue weighted by atomic mass is 10.0. The fourth-order valence-electron chi connectivity index (χ4n) is 2.41. The van der Waals surface area contributed by atoms with Crippen molar-refractivity contribution in [3.8, 4) is 0 Å². The molecule has 0 aliphatic carbocycles. The molecule has 1 unspecified atom stereocenters. The van der Waals surface area contributed by atoms with Crippen LogP contribution in [-0.4, -0.2) is 9.55 Å². The molecule has 0 saturated carbocycles. The maximum absolute atomic E-state index is 6.31. The summed E-state index contributed by atoms with van der Waals surface area (Å²) in [6.45, 7) is 3.01. The molecule has 3 rings (SSSR count). The van der Waals surface area contributed by atoms with Crippen LogP contribution in [0, 0.1) is 0 Å². The van der Waals surface area contributed by atoms with Gasteiger partial charge in [0.05, 0.1) is 6.26 Å². The van der Waals surface area contributed by atoms with Crippen molar-refractivity contribution in [3.63, 3.8) is 0 Å². The zero-order valence-corrected chi connectivity index (χ0v) is 10.9. The molecule has 0 radical (unpaired) electrons. The second kappa shape index (κ2) is 4.90. The van der Waals surface area contributed by atoms with E-state index in [1.54, 1.807) is 6.26 Å². The van der Waals surface area contributed by atoms with Crippen LogP contribution in [0.3, 0.4) is 0 Å². The normalized spacial score (nSPS) is 12.9. The van der Waals surface area contributed by atoms with E-state index >= 15 is 0 Å². The highest BCUT2D eigenvalue weighted by Crippen LogP contribution is 2.26. The molecule has 1 aromatic carbocycles. The SMILES string of the molecule is CCn1ccnc1CC(N)c1coc2ccccc12. The van der Waals surface area contributed by atoms with E-state index in [4.69, 9.17) is 10.2 Å². The van der Waals surface area contributed by atoms with Crippen molar-refractivity contribution in [1.82, 2.24) is 9.55 Å². The summed E-state index contributed by atoms with van der Waals surface area (Å²) in [5.74, 6) is 1.01. The van der Waals surface area contributed by atoms with Gasteiger partial charge >= 0.3 is 0 Å². The van der Waals surface area contributed by atoms with Crippen LogP contribution in [0.1, 0.15) is 24.4 Å². The minimum Gasteiger partial charge on any atom is -0.464 e. The number of hydrogen-bond acceptors (Lipinski definition) is 3. The molecule has 98 valence electrons. The number of rotatable bonds is 4. The molecule has 2 N–H and O–H groups in total. The Morgan fingerprint density at radius 3 is 3.05 bits per heavy atom. The third-order valence-electron chi connectivity index (χ3n) is 3.46. The quantitative estimate of drug-likeness (QED) is 0.779. The Labute approximate surface area is 111 Å². The van der Waals surface area contributed by atoms with Gasteiger partial charge in [-0.15, -0.1) is 0 Å². The predicted molar refractivity (Wildman–Crippen MR) is 74.7 cm³/mol. The minimum atomic E-state index is -0.101. The van der Waals surface area contributed by atoms with E-state index in [1.165, 1.54) is 0 Å². The van der Waals surface area contributed by atoms with E-state index in [0.717, 1.165) is 28.9 Å². The number of para-hydroxylation sites is 1. The smallest absolute Gasteiger partial charge is 0.134 e. The highest BCUT2D eigenvalue weighted by atomic mass is 16.3. The molecule has 3 aromatic rings. The van der Waals surface area contributed by atoms with Gasteiger partial charge in [0.15, 0.2) is 0 Å². The van der Waals surface area contributed by atoms with Crippen molar-refractivity contribution in [2.24, 2.45) is 5.73 Å². The Hall–Kier alpha value is -2.07. The number of furan rings is 1. The van der Waals surface area contributed by atoms with Crippen molar-refractivity contribution < 1.29 is 4.42 Å². The van der Waals surface area contributed by atoms with Gasteiger partial charge in [0.2, 0.25) is 0 Å². The van der Waals surface area contributed by atoms with Gasteiger partial charge in [0.1, 0.15) is 11.4 Å². The third-order valence-corrected chi connectivity index (χ3v) is 3.46. The molecule has 0 spiro atoms. The first-order chi connectivity index (χ1) is 9.29. The highest BCUT2D eigenvalue weighted by Gasteiger charge is 2.15. The van der Waals surface area contributed by atoms with Gasteiger partial charge < -0.3 is 14.7 Å². The van der Waals surface area contributed by atoms with E-state index in [9.17, 15) is 0 Å². The van der Waals surface area contributed by atoms with E-state index in [-0.39, 0.29) is 6.04 Å². The number of nitrogens with two attached hydrogens (primary N) is 1. The molecule has 1 atom stereocenters. The number of nitrogens with zero attached hydrogens (tertiary/aromatic N) is 2. The summed E-state index contributed by atoms with van der Waals surface area (Å²) < 4.78 is 7.65. The molecule has 0 amide bonds. The number of aromatic nitrogens is 2. The van der Waals surface area contributed by atoms with Gasteiger partial charge in [-0.25, -0.2) is 4.98 Å². The Bertz CT molecular complexity index is 683. The molecule has 0 bridgehead atoms. The molecule has 0 aliphatic rings. The molecule has 4 nitrogen and oxygen atoms in total. The van der Waals surface area contributed by atoms with E-state index < -0.39 is 0 Å². The van der Waals surface area contributed by atoms with Crippen LogP contribution in [0.5, 0.6) is 0 Å². The third kappa shape index (κ3) is 2.15.